The lowest BCUT2D eigenvalue weighted by molar-refractivity contribution is -0.122. The van der Waals surface area contributed by atoms with Crippen LogP contribution in [0.4, 0.5) is 0 Å². The number of methoxy groups -OCH3 is 1. The zero-order valence-corrected chi connectivity index (χ0v) is 10.1. The molecule has 0 rings (SSSR count). The molecule has 4 heteroatoms. The summed E-state index contributed by atoms with van der Waals surface area (Å²) < 4.78 is 4.85. The minimum absolute atomic E-state index is 0.0210. The second-order valence-electron chi connectivity index (χ2n) is 4.59. The van der Waals surface area contributed by atoms with E-state index in [1.807, 2.05) is 20.8 Å². The van der Waals surface area contributed by atoms with Crippen molar-refractivity contribution in [2.24, 2.45) is 5.41 Å². The molecule has 1 unspecified atom stereocenters. The van der Waals surface area contributed by atoms with Gasteiger partial charge in [0, 0.05) is 20.1 Å². The van der Waals surface area contributed by atoms with Gasteiger partial charge in [-0.05, 0) is 5.41 Å². The van der Waals surface area contributed by atoms with E-state index in [2.05, 4.69) is 5.32 Å². The zero-order chi connectivity index (χ0) is 11.2. The van der Waals surface area contributed by atoms with Crippen LogP contribution in [-0.2, 0) is 9.53 Å². The molecule has 0 aromatic heterocycles. The quantitative estimate of drug-likeness (QED) is 0.719. The van der Waals surface area contributed by atoms with Gasteiger partial charge in [-0.25, -0.2) is 0 Å². The van der Waals surface area contributed by atoms with E-state index in [9.17, 15) is 4.79 Å². The van der Waals surface area contributed by atoms with Gasteiger partial charge in [-0.2, -0.15) is 0 Å². The van der Waals surface area contributed by atoms with E-state index in [0.717, 1.165) is 0 Å². The Hall–Kier alpha value is -0.280. The maximum absolute atomic E-state index is 11.4. The standard InChI is InChI=1S/C10H20ClNO2/c1-10(2,3)5-9(13)12-6-8(11)7-14-4/h8H,5-7H2,1-4H3,(H,12,13). The third-order valence-electron chi connectivity index (χ3n) is 1.56. The highest BCUT2D eigenvalue weighted by Gasteiger charge is 2.16. The maximum Gasteiger partial charge on any atom is 0.220 e. The number of hydrogen-bond donors (Lipinski definition) is 1. The van der Waals surface area contributed by atoms with Crippen LogP contribution in [0.1, 0.15) is 27.2 Å². The van der Waals surface area contributed by atoms with Gasteiger partial charge < -0.3 is 10.1 Å². The summed E-state index contributed by atoms with van der Waals surface area (Å²) in [6, 6.07) is 0. The molecular formula is C10H20ClNO2. The van der Waals surface area contributed by atoms with Gasteiger partial charge in [0.2, 0.25) is 5.91 Å². The van der Waals surface area contributed by atoms with Gasteiger partial charge >= 0.3 is 0 Å². The Morgan fingerprint density at radius 1 is 1.50 bits per heavy atom. The van der Waals surface area contributed by atoms with E-state index >= 15 is 0 Å². The molecule has 0 bridgehead atoms. The second-order valence-corrected chi connectivity index (χ2v) is 5.21. The molecule has 0 aliphatic carbocycles. The van der Waals surface area contributed by atoms with E-state index in [1.165, 1.54) is 0 Å². The molecule has 1 amide bonds. The summed E-state index contributed by atoms with van der Waals surface area (Å²) in [5.41, 5.74) is 0.0210. The molecule has 0 aromatic carbocycles. The molecule has 0 aromatic rings. The number of amides is 1. The molecular weight excluding hydrogens is 202 g/mol. The Morgan fingerprint density at radius 3 is 2.50 bits per heavy atom. The predicted octanol–water partition coefficient (Wildman–Crippen LogP) is 1.79. The third kappa shape index (κ3) is 8.32. The first-order chi connectivity index (χ1) is 6.35. The van der Waals surface area contributed by atoms with Crippen molar-refractivity contribution in [2.75, 3.05) is 20.3 Å². The lowest BCUT2D eigenvalue weighted by atomic mass is 9.92. The molecule has 1 atom stereocenters. The summed E-state index contributed by atoms with van der Waals surface area (Å²) in [6.45, 7) is 7.00. The first-order valence-corrected chi connectivity index (χ1v) is 5.18. The van der Waals surface area contributed by atoms with Crippen molar-refractivity contribution in [1.82, 2.24) is 5.32 Å². The first-order valence-electron chi connectivity index (χ1n) is 4.75. The molecule has 0 saturated heterocycles. The summed E-state index contributed by atoms with van der Waals surface area (Å²) >= 11 is 5.86. The highest BCUT2D eigenvalue weighted by atomic mass is 35.5. The summed E-state index contributed by atoms with van der Waals surface area (Å²) in [4.78, 5) is 11.4. The lowest BCUT2D eigenvalue weighted by Gasteiger charge is -2.18. The fourth-order valence-electron chi connectivity index (χ4n) is 1.01. The van der Waals surface area contributed by atoms with Gasteiger partial charge in [0.15, 0.2) is 0 Å². The molecule has 0 radical (unpaired) electrons. The summed E-state index contributed by atoms with van der Waals surface area (Å²) in [5.74, 6) is 0.0410. The highest BCUT2D eigenvalue weighted by molar-refractivity contribution is 6.21. The van der Waals surface area contributed by atoms with Crippen molar-refractivity contribution in [2.45, 2.75) is 32.6 Å². The number of hydrogen-bond acceptors (Lipinski definition) is 2. The predicted molar refractivity (Wildman–Crippen MR) is 58.6 cm³/mol. The maximum atomic E-state index is 11.4. The summed E-state index contributed by atoms with van der Waals surface area (Å²) in [5, 5.41) is 2.62. The number of carbonyl (C=O) groups excluding carboxylic acids is 1. The molecule has 0 fully saturated rings. The zero-order valence-electron chi connectivity index (χ0n) is 9.39. The number of carbonyl (C=O) groups is 1. The van der Waals surface area contributed by atoms with Gasteiger partial charge in [-0.1, -0.05) is 20.8 Å². The van der Waals surface area contributed by atoms with E-state index in [0.29, 0.717) is 19.6 Å². The van der Waals surface area contributed by atoms with Crippen LogP contribution in [0, 0.1) is 5.41 Å². The number of nitrogens with one attached hydrogen (secondary N) is 1. The molecule has 3 nitrogen and oxygen atoms in total. The van der Waals surface area contributed by atoms with Gasteiger partial charge in [-0.15, -0.1) is 11.6 Å². The minimum atomic E-state index is -0.149. The van der Waals surface area contributed by atoms with Crippen LogP contribution in [0.3, 0.4) is 0 Å². The fourth-order valence-corrected chi connectivity index (χ4v) is 1.21. The van der Waals surface area contributed by atoms with Crippen molar-refractivity contribution >= 4 is 17.5 Å². The molecule has 0 spiro atoms. The van der Waals surface area contributed by atoms with Crippen molar-refractivity contribution in [3.05, 3.63) is 0 Å². The number of alkyl halides is 1. The van der Waals surface area contributed by atoms with Crippen molar-refractivity contribution < 1.29 is 9.53 Å². The summed E-state index contributed by atoms with van der Waals surface area (Å²) in [6.07, 6.45) is 0.517. The smallest absolute Gasteiger partial charge is 0.220 e. The van der Waals surface area contributed by atoms with Crippen LogP contribution in [-0.4, -0.2) is 31.5 Å². The molecule has 0 heterocycles. The molecule has 0 saturated carbocycles. The number of rotatable bonds is 5. The Morgan fingerprint density at radius 2 is 2.07 bits per heavy atom. The molecule has 0 aliphatic heterocycles. The van der Waals surface area contributed by atoms with Gasteiger partial charge in [0.05, 0.1) is 12.0 Å². The number of halogens is 1. The van der Waals surface area contributed by atoms with Crippen LogP contribution in [0.5, 0.6) is 0 Å². The third-order valence-corrected chi connectivity index (χ3v) is 1.84. The van der Waals surface area contributed by atoms with E-state index in [1.54, 1.807) is 7.11 Å². The Bertz CT molecular complexity index is 177. The Labute approximate surface area is 91.2 Å². The molecule has 0 aliphatic rings. The van der Waals surface area contributed by atoms with E-state index < -0.39 is 0 Å². The molecule has 84 valence electrons. The van der Waals surface area contributed by atoms with E-state index in [-0.39, 0.29) is 16.7 Å². The summed E-state index contributed by atoms with van der Waals surface area (Å²) in [7, 11) is 1.59. The Balaban J connectivity index is 3.64. The number of ether oxygens (including phenoxy) is 1. The average molecular weight is 222 g/mol. The topological polar surface area (TPSA) is 38.3 Å². The van der Waals surface area contributed by atoms with Crippen LogP contribution >= 0.6 is 11.6 Å². The lowest BCUT2D eigenvalue weighted by Crippen LogP contribution is -2.33. The van der Waals surface area contributed by atoms with Crippen LogP contribution in [0.2, 0.25) is 0 Å². The average Bonchev–Trinajstić information content (AvgIpc) is 1.98. The van der Waals surface area contributed by atoms with Crippen LogP contribution < -0.4 is 5.32 Å². The van der Waals surface area contributed by atoms with Crippen LogP contribution in [0.15, 0.2) is 0 Å². The van der Waals surface area contributed by atoms with Crippen LogP contribution in [0.25, 0.3) is 0 Å². The largest absolute Gasteiger partial charge is 0.383 e. The minimum Gasteiger partial charge on any atom is -0.383 e. The Kier molecular flexibility index (Phi) is 6.12. The van der Waals surface area contributed by atoms with Gasteiger partial charge in [0.1, 0.15) is 0 Å². The normalized spacial score (nSPS) is 13.8. The monoisotopic (exact) mass is 221 g/mol. The van der Waals surface area contributed by atoms with Gasteiger partial charge in [-0.3, -0.25) is 4.79 Å². The SMILES string of the molecule is COCC(Cl)CNC(=O)CC(C)(C)C. The first kappa shape index (κ1) is 13.7. The van der Waals surface area contributed by atoms with E-state index in [4.69, 9.17) is 16.3 Å². The highest BCUT2D eigenvalue weighted by Crippen LogP contribution is 2.17. The molecule has 14 heavy (non-hydrogen) atoms. The van der Waals surface area contributed by atoms with Crippen molar-refractivity contribution in [3.8, 4) is 0 Å². The fraction of sp³-hybridized carbons (Fsp3) is 0.900. The van der Waals surface area contributed by atoms with Crippen molar-refractivity contribution in [3.63, 3.8) is 0 Å². The van der Waals surface area contributed by atoms with Crippen molar-refractivity contribution in [1.29, 1.82) is 0 Å². The molecule has 1 N–H and O–H groups in total. The van der Waals surface area contributed by atoms with Gasteiger partial charge in [0.25, 0.3) is 0 Å². The second kappa shape index (κ2) is 6.25.